The molecule has 2 aliphatic rings. The Kier molecular flexibility index (Phi) is 2.44. The lowest BCUT2D eigenvalue weighted by Gasteiger charge is -2.25. The Bertz CT molecular complexity index is 301. The van der Waals surface area contributed by atoms with Gasteiger partial charge in [-0.25, -0.2) is 9.59 Å². The quantitative estimate of drug-likeness (QED) is 0.685. The fraction of sp³-hybridized carbons (Fsp3) is 0.800. The van der Waals surface area contributed by atoms with Crippen molar-refractivity contribution in [2.45, 2.75) is 26.2 Å². The normalized spacial score (nSPS) is 29.5. The van der Waals surface area contributed by atoms with E-state index >= 15 is 0 Å². The number of hydrogen-bond donors (Lipinski definition) is 0. The summed E-state index contributed by atoms with van der Waals surface area (Å²) in [5.74, 6) is 0. The molecule has 90 valence electrons. The van der Waals surface area contributed by atoms with Gasteiger partial charge in [-0.05, 0) is 13.8 Å². The lowest BCUT2D eigenvalue weighted by atomic mass is 10.3. The van der Waals surface area contributed by atoms with Gasteiger partial charge in [-0.1, -0.05) is 0 Å². The van der Waals surface area contributed by atoms with Gasteiger partial charge in [0.2, 0.25) is 0 Å². The van der Waals surface area contributed by atoms with Crippen LogP contribution in [0, 0.1) is 0 Å². The van der Waals surface area contributed by atoms with Crippen molar-refractivity contribution in [1.82, 2.24) is 19.6 Å². The molecule has 0 aliphatic carbocycles. The topological polar surface area (TPSA) is 47.1 Å². The highest BCUT2D eigenvalue weighted by atomic mass is 16.2. The Morgan fingerprint density at radius 1 is 0.875 bits per heavy atom. The first kappa shape index (κ1) is 11.0. The SMILES string of the molecule is CCN1C(=O)N(C)[C@H]2[C@@H]1N(C)C(=O)N2CC. The number of hydrogen-bond acceptors (Lipinski definition) is 2. The monoisotopic (exact) mass is 226 g/mol. The number of likely N-dealkylation sites (N-methyl/N-ethyl adjacent to an activating group) is 4. The second kappa shape index (κ2) is 3.54. The van der Waals surface area contributed by atoms with Gasteiger partial charge in [0.05, 0.1) is 0 Å². The third-order valence-corrected chi connectivity index (χ3v) is 3.48. The molecule has 0 bridgehead atoms. The van der Waals surface area contributed by atoms with Crippen LogP contribution >= 0.6 is 0 Å². The minimum atomic E-state index is -0.144. The van der Waals surface area contributed by atoms with Crippen molar-refractivity contribution in [3.63, 3.8) is 0 Å². The number of carbonyl (C=O) groups excluding carboxylic acids is 2. The highest BCUT2D eigenvalue weighted by Gasteiger charge is 2.55. The van der Waals surface area contributed by atoms with Crippen LogP contribution in [-0.2, 0) is 0 Å². The van der Waals surface area contributed by atoms with Crippen LogP contribution in [0.15, 0.2) is 0 Å². The molecule has 2 fully saturated rings. The van der Waals surface area contributed by atoms with Gasteiger partial charge in [0.15, 0.2) is 0 Å². The first-order chi connectivity index (χ1) is 7.54. The maximum atomic E-state index is 12.0. The van der Waals surface area contributed by atoms with Crippen LogP contribution in [-0.4, -0.2) is 71.2 Å². The molecule has 6 heteroatoms. The Morgan fingerprint density at radius 3 is 1.44 bits per heavy atom. The molecule has 0 radical (unpaired) electrons. The molecule has 0 saturated carbocycles. The number of rotatable bonds is 2. The summed E-state index contributed by atoms with van der Waals surface area (Å²) in [5, 5.41) is 0. The molecular weight excluding hydrogens is 208 g/mol. The van der Waals surface area contributed by atoms with Crippen LogP contribution in [0.5, 0.6) is 0 Å². The zero-order valence-corrected chi connectivity index (χ0v) is 10.2. The van der Waals surface area contributed by atoms with E-state index in [1.807, 2.05) is 13.8 Å². The molecule has 2 aliphatic heterocycles. The number of carbonyl (C=O) groups is 2. The third kappa shape index (κ3) is 1.12. The van der Waals surface area contributed by atoms with Crippen molar-refractivity contribution in [3.8, 4) is 0 Å². The van der Waals surface area contributed by atoms with Crippen molar-refractivity contribution < 1.29 is 9.59 Å². The first-order valence-electron chi connectivity index (χ1n) is 5.61. The van der Waals surface area contributed by atoms with E-state index in [-0.39, 0.29) is 24.4 Å². The Morgan fingerprint density at radius 2 is 1.19 bits per heavy atom. The number of nitrogens with zero attached hydrogens (tertiary/aromatic N) is 4. The Hall–Kier alpha value is -1.46. The third-order valence-electron chi connectivity index (χ3n) is 3.48. The summed E-state index contributed by atoms with van der Waals surface area (Å²) in [6.45, 7) is 5.11. The lowest BCUT2D eigenvalue weighted by molar-refractivity contribution is 0.147. The van der Waals surface area contributed by atoms with Crippen molar-refractivity contribution in [2.75, 3.05) is 27.2 Å². The van der Waals surface area contributed by atoms with Crippen LogP contribution < -0.4 is 0 Å². The minimum absolute atomic E-state index is 0.00435. The fourth-order valence-electron chi connectivity index (χ4n) is 2.64. The largest absolute Gasteiger partial charge is 0.323 e. The average molecular weight is 226 g/mol. The van der Waals surface area contributed by atoms with Gasteiger partial charge in [-0.2, -0.15) is 0 Å². The molecule has 2 saturated heterocycles. The van der Waals surface area contributed by atoms with E-state index in [1.165, 1.54) is 0 Å². The molecular formula is C10H18N4O2. The van der Waals surface area contributed by atoms with Gasteiger partial charge in [-0.3, -0.25) is 0 Å². The molecule has 0 aromatic heterocycles. The Balaban J connectivity index is 2.37. The van der Waals surface area contributed by atoms with E-state index in [0.717, 1.165) is 0 Å². The molecule has 2 heterocycles. The molecule has 0 aromatic carbocycles. The van der Waals surface area contributed by atoms with Crippen molar-refractivity contribution in [1.29, 1.82) is 0 Å². The smallest absolute Gasteiger partial charge is 0.303 e. The van der Waals surface area contributed by atoms with Gasteiger partial charge in [0.25, 0.3) is 0 Å². The van der Waals surface area contributed by atoms with Crippen molar-refractivity contribution in [3.05, 3.63) is 0 Å². The summed E-state index contributed by atoms with van der Waals surface area (Å²) >= 11 is 0. The second-order valence-corrected chi connectivity index (χ2v) is 4.19. The van der Waals surface area contributed by atoms with Gasteiger partial charge in [0.1, 0.15) is 12.3 Å². The predicted molar refractivity (Wildman–Crippen MR) is 58.7 cm³/mol. The number of amides is 4. The van der Waals surface area contributed by atoms with Crippen LogP contribution in [0.2, 0.25) is 0 Å². The highest BCUT2D eigenvalue weighted by Crippen LogP contribution is 2.32. The molecule has 16 heavy (non-hydrogen) atoms. The van der Waals surface area contributed by atoms with E-state index in [1.54, 1.807) is 33.7 Å². The average Bonchev–Trinajstić information content (AvgIpc) is 2.66. The molecule has 2 rings (SSSR count). The number of urea groups is 2. The highest BCUT2D eigenvalue weighted by molar-refractivity contribution is 5.84. The van der Waals surface area contributed by atoms with E-state index in [2.05, 4.69) is 0 Å². The van der Waals surface area contributed by atoms with E-state index in [4.69, 9.17) is 0 Å². The summed E-state index contributed by atoms with van der Waals surface area (Å²) in [5.41, 5.74) is 0. The second-order valence-electron chi connectivity index (χ2n) is 4.19. The first-order valence-corrected chi connectivity index (χ1v) is 5.61. The fourth-order valence-corrected chi connectivity index (χ4v) is 2.64. The summed E-state index contributed by atoms with van der Waals surface area (Å²) in [6, 6.07) is -0.00870. The van der Waals surface area contributed by atoms with Crippen LogP contribution in [0.25, 0.3) is 0 Å². The zero-order valence-electron chi connectivity index (χ0n) is 10.2. The summed E-state index contributed by atoms with van der Waals surface area (Å²) < 4.78 is 0. The van der Waals surface area contributed by atoms with Gasteiger partial charge in [-0.15, -0.1) is 0 Å². The van der Waals surface area contributed by atoms with E-state index in [9.17, 15) is 9.59 Å². The van der Waals surface area contributed by atoms with Crippen molar-refractivity contribution in [2.24, 2.45) is 0 Å². The molecule has 0 unspecified atom stereocenters. The molecule has 0 aromatic rings. The van der Waals surface area contributed by atoms with Crippen LogP contribution in [0.4, 0.5) is 9.59 Å². The van der Waals surface area contributed by atoms with Crippen molar-refractivity contribution >= 4 is 12.1 Å². The Labute approximate surface area is 95.4 Å². The van der Waals surface area contributed by atoms with Crippen LogP contribution in [0.3, 0.4) is 0 Å². The standard InChI is InChI=1S/C10H18N4O2/c1-5-13-7-8(12(4)9(13)15)14(6-2)10(16)11(7)3/h7-8H,5-6H2,1-4H3/t7-,8-/m1/s1. The minimum Gasteiger partial charge on any atom is -0.303 e. The maximum absolute atomic E-state index is 12.0. The van der Waals surface area contributed by atoms with Gasteiger partial charge in [0, 0.05) is 27.2 Å². The predicted octanol–water partition coefficient (Wildman–Crippen LogP) is 0.413. The zero-order chi connectivity index (χ0) is 12.0. The molecule has 4 amide bonds. The maximum Gasteiger partial charge on any atom is 0.323 e. The summed E-state index contributed by atoms with van der Waals surface area (Å²) in [4.78, 5) is 30.7. The molecule has 6 nitrogen and oxygen atoms in total. The molecule has 0 N–H and O–H groups in total. The molecule has 0 spiro atoms. The van der Waals surface area contributed by atoms with Gasteiger partial charge >= 0.3 is 12.1 Å². The van der Waals surface area contributed by atoms with E-state index in [0.29, 0.717) is 13.1 Å². The molecule has 2 atom stereocenters. The lowest BCUT2D eigenvalue weighted by Crippen LogP contribution is -2.44. The van der Waals surface area contributed by atoms with E-state index < -0.39 is 0 Å². The summed E-state index contributed by atoms with van der Waals surface area (Å²) in [7, 11) is 3.51. The number of fused-ring (bicyclic) bond motifs is 1. The summed E-state index contributed by atoms with van der Waals surface area (Å²) in [6.07, 6.45) is -0.287. The van der Waals surface area contributed by atoms with Gasteiger partial charge < -0.3 is 19.6 Å². The van der Waals surface area contributed by atoms with Crippen LogP contribution in [0.1, 0.15) is 13.8 Å².